The normalized spacial score (nSPS) is 16.9. The summed E-state index contributed by atoms with van der Waals surface area (Å²) in [6.45, 7) is 5.55. The summed E-state index contributed by atoms with van der Waals surface area (Å²) < 4.78 is 7.62. The van der Waals surface area contributed by atoms with Gasteiger partial charge in [-0.1, -0.05) is 13.8 Å². The van der Waals surface area contributed by atoms with Gasteiger partial charge in [-0.05, 0) is 18.4 Å². The third kappa shape index (κ3) is 3.88. The number of nitrogens with one attached hydrogen (secondary N) is 1. The second kappa shape index (κ2) is 6.81. The van der Waals surface area contributed by atoms with Crippen LogP contribution in [0.25, 0.3) is 0 Å². The number of carbonyl (C=O) groups excluding carboxylic acids is 1. The number of carbonyl (C=O) groups is 1. The lowest BCUT2D eigenvalue weighted by Crippen LogP contribution is -2.40. The summed E-state index contributed by atoms with van der Waals surface area (Å²) in [7, 11) is 0. The quantitative estimate of drug-likeness (QED) is 0.917. The van der Waals surface area contributed by atoms with Gasteiger partial charge in [0.25, 0.3) is 5.91 Å². The molecule has 0 saturated heterocycles. The van der Waals surface area contributed by atoms with Crippen LogP contribution in [0.15, 0.2) is 30.7 Å². The summed E-state index contributed by atoms with van der Waals surface area (Å²) in [6.07, 6.45) is 7.12. The van der Waals surface area contributed by atoms with E-state index in [0.29, 0.717) is 24.0 Å². The third-order valence-corrected chi connectivity index (χ3v) is 3.83. The molecule has 1 aliphatic heterocycles. The van der Waals surface area contributed by atoms with Crippen LogP contribution < -0.4 is 10.1 Å². The monoisotopic (exact) mass is 314 g/mol. The molecule has 0 unspecified atom stereocenters. The van der Waals surface area contributed by atoms with Crippen molar-refractivity contribution in [1.82, 2.24) is 19.9 Å². The van der Waals surface area contributed by atoms with Crippen LogP contribution in [0, 0.1) is 5.92 Å². The van der Waals surface area contributed by atoms with Gasteiger partial charge in [0.05, 0.1) is 12.2 Å². The Morgan fingerprint density at radius 2 is 2.30 bits per heavy atom. The first-order valence-corrected chi connectivity index (χ1v) is 8.01. The number of aryl methyl sites for hydroxylation is 1. The average Bonchev–Trinajstić information content (AvgIpc) is 3.01. The average molecular weight is 314 g/mol. The second-order valence-corrected chi connectivity index (χ2v) is 6.29. The van der Waals surface area contributed by atoms with Crippen LogP contribution in [0.4, 0.5) is 0 Å². The highest BCUT2D eigenvalue weighted by Crippen LogP contribution is 2.14. The van der Waals surface area contributed by atoms with E-state index in [9.17, 15) is 4.79 Å². The number of rotatable bonds is 5. The molecule has 122 valence electrons. The van der Waals surface area contributed by atoms with Crippen molar-refractivity contribution in [2.75, 3.05) is 6.61 Å². The first-order valence-electron chi connectivity index (χ1n) is 8.01. The van der Waals surface area contributed by atoms with Crippen LogP contribution in [-0.4, -0.2) is 33.1 Å². The topological polar surface area (TPSA) is 69.0 Å². The fourth-order valence-electron chi connectivity index (χ4n) is 2.61. The molecule has 1 atom stereocenters. The highest BCUT2D eigenvalue weighted by molar-refractivity contribution is 5.94. The number of pyridine rings is 1. The zero-order valence-electron chi connectivity index (χ0n) is 13.5. The Hall–Kier alpha value is -2.37. The van der Waals surface area contributed by atoms with Gasteiger partial charge in [-0.2, -0.15) is 0 Å². The van der Waals surface area contributed by atoms with Gasteiger partial charge in [-0.25, -0.2) is 9.97 Å². The molecule has 0 radical (unpaired) electrons. The van der Waals surface area contributed by atoms with Gasteiger partial charge in [0.1, 0.15) is 5.82 Å². The summed E-state index contributed by atoms with van der Waals surface area (Å²) in [5, 5.41) is 3.07. The van der Waals surface area contributed by atoms with E-state index >= 15 is 0 Å². The molecule has 3 heterocycles. The van der Waals surface area contributed by atoms with Crippen molar-refractivity contribution in [2.45, 2.75) is 39.3 Å². The van der Waals surface area contributed by atoms with E-state index in [2.05, 4.69) is 33.7 Å². The van der Waals surface area contributed by atoms with E-state index < -0.39 is 0 Å². The Labute approximate surface area is 135 Å². The van der Waals surface area contributed by atoms with Gasteiger partial charge < -0.3 is 14.6 Å². The Kier molecular flexibility index (Phi) is 4.60. The number of nitrogens with zero attached hydrogens (tertiary/aromatic N) is 3. The summed E-state index contributed by atoms with van der Waals surface area (Å²) in [6, 6.07) is 3.62. The van der Waals surface area contributed by atoms with Gasteiger partial charge in [0.2, 0.25) is 5.88 Å². The minimum atomic E-state index is -0.0959. The van der Waals surface area contributed by atoms with Crippen LogP contribution in [0.5, 0.6) is 5.88 Å². The lowest BCUT2D eigenvalue weighted by molar-refractivity contribution is 0.0927. The zero-order chi connectivity index (χ0) is 16.2. The van der Waals surface area contributed by atoms with Crippen molar-refractivity contribution in [3.63, 3.8) is 0 Å². The first-order chi connectivity index (χ1) is 11.1. The van der Waals surface area contributed by atoms with Crippen molar-refractivity contribution in [1.29, 1.82) is 0 Å². The van der Waals surface area contributed by atoms with Gasteiger partial charge in [-0.3, -0.25) is 4.79 Å². The highest BCUT2D eigenvalue weighted by Gasteiger charge is 2.20. The molecule has 0 aliphatic carbocycles. The number of hydrogen-bond acceptors (Lipinski definition) is 4. The first kappa shape index (κ1) is 15.5. The molecule has 0 spiro atoms. The van der Waals surface area contributed by atoms with Crippen molar-refractivity contribution in [3.8, 4) is 5.88 Å². The molecule has 3 rings (SSSR count). The molecule has 0 aromatic carbocycles. The van der Waals surface area contributed by atoms with Crippen LogP contribution in [-0.2, 0) is 13.0 Å². The predicted octanol–water partition coefficient (Wildman–Crippen LogP) is 2.06. The highest BCUT2D eigenvalue weighted by atomic mass is 16.5. The number of imidazole rings is 1. The fourth-order valence-corrected chi connectivity index (χ4v) is 2.61. The van der Waals surface area contributed by atoms with Crippen molar-refractivity contribution >= 4 is 5.91 Å². The van der Waals surface area contributed by atoms with Gasteiger partial charge in [0.15, 0.2) is 0 Å². The van der Waals surface area contributed by atoms with Crippen molar-refractivity contribution in [2.24, 2.45) is 5.92 Å². The zero-order valence-corrected chi connectivity index (χ0v) is 13.5. The van der Waals surface area contributed by atoms with Crippen LogP contribution in [0.1, 0.15) is 36.5 Å². The summed E-state index contributed by atoms with van der Waals surface area (Å²) in [5.74, 6) is 1.99. The Morgan fingerprint density at radius 1 is 1.43 bits per heavy atom. The van der Waals surface area contributed by atoms with Crippen LogP contribution >= 0.6 is 0 Å². The van der Waals surface area contributed by atoms with Crippen LogP contribution in [0.2, 0.25) is 0 Å². The SMILES string of the molecule is CC(C)COc1ccc(C(=O)N[C@H]2CCc3nccn3C2)cn1. The minimum absolute atomic E-state index is 0.0959. The molecule has 1 N–H and O–H groups in total. The number of aromatic nitrogens is 3. The van der Waals surface area contributed by atoms with Gasteiger partial charge in [0, 0.05) is 43.7 Å². The minimum Gasteiger partial charge on any atom is -0.477 e. The number of ether oxygens (including phenoxy) is 1. The molecule has 0 bridgehead atoms. The predicted molar refractivity (Wildman–Crippen MR) is 86.4 cm³/mol. The van der Waals surface area contributed by atoms with Gasteiger partial charge >= 0.3 is 0 Å². The smallest absolute Gasteiger partial charge is 0.253 e. The van der Waals surface area contributed by atoms with E-state index in [4.69, 9.17) is 4.74 Å². The van der Waals surface area contributed by atoms with E-state index in [-0.39, 0.29) is 11.9 Å². The standard InChI is InChI=1S/C17H22N4O2/c1-12(2)11-23-16-6-3-13(9-19-16)17(22)20-14-4-5-15-18-7-8-21(15)10-14/h3,6-9,12,14H,4-5,10-11H2,1-2H3,(H,20,22)/t14-/m0/s1. The number of fused-ring (bicyclic) bond motifs is 1. The maximum atomic E-state index is 12.3. The van der Waals surface area contributed by atoms with E-state index in [1.54, 1.807) is 24.5 Å². The lowest BCUT2D eigenvalue weighted by Gasteiger charge is -2.24. The molecule has 1 aliphatic rings. The summed E-state index contributed by atoms with van der Waals surface area (Å²) >= 11 is 0. The number of hydrogen-bond donors (Lipinski definition) is 1. The van der Waals surface area contributed by atoms with Crippen molar-refractivity contribution < 1.29 is 9.53 Å². The van der Waals surface area contributed by atoms with Crippen molar-refractivity contribution in [3.05, 3.63) is 42.1 Å². The molecule has 1 amide bonds. The molecule has 6 nitrogen and oxygen atoms in total. The molecule has 6 heteroatoms. The molecule has 2 aromatic heterocycles. The lowest BCUT2D eigenvalue weighted by atomic mass is 10.1. The van der Waals surface area contributed by atoms with E-state index in [0.717, 1.165) is 25.2 Å². The summed E-state index contributed by atoms with van der Waals surface area (Å²) in [5.41, 5.74) is 0.554. The number of amides is 1. The Balaban J connectivity index is 1.56. The molecular formula is C17H22N4O2. The summed E-state index contributed by atoms with van der Waals surface area (Å²) in [4.78, 5) is 20.8. The fraction of sp³-hybridized carbons (Fsp3) is 0.471. The van der Waals surface area contributed by atoms with E-state index in [1.165, 1.54) is 0 Å². The third-order valence-electron chi connectivity index (χ3n) is 3.83. The van der Waals surface area contributed by atoms with Gasteiger partial charge in [-0.15, -0.1) is 0 Å². The molecule has 0 saturated carbocycles. The van der Waals surface area contributed by atoms with Crippen LogP contribution in [0.3, 0.4) is 0 Å². The second-order valence-electron chi connectivity index (χ2n) is 6.29. The molecule has 23 heavy (non-hydrogen) atoms. The maximum Gasteiger partial charge on any atom is 0.253 e. The Bertz CT molecular complexity index is 663. The van der Waals surface area contributed by atoms with E-state index in [1.807, 2.05) is 6.20 Å². The largest absolute Gasteiger partial charge is 0.477 e. The Morgan fingerprint density at radius 3 is 3.04 bits per heavy atom. The maximum absolute atomic E-state index is 12.3. The molecular weight excluding hydrogens is 292 g/mol. The molecule has 2 aromatic rings. The molecule has 0 fully saturated rings.